The second-order valence-electron chi connectivity index (χ2n) is 11.5. The molecule has 10 nitrogen and oxygen atoms in total. The molecule has 0 radical (unpaired) electrons. The zero-order valence-electron chi connectivity index (χ0n) is 27.5. The van der Waals surface area contributed by atoms with Gasteiger partial charge in [0, 0.05) is 43.1 Å². The number of methoxy groups -OCH3 is 2. The first-order valence-electron chi connectivity index (χ1n) is 15.4. The molecule has 5 rings (SSSR count). The summed E-state index contributed by atoms with van der Waals surface area (Å²) in [7, 11) is 5.21. The van der Waals surface area contributed by atoms with E-state index in [0.717, 1.165) is 30.8 Å². The van der Waals surface area contributed by atoms with Crippen LogP contribution >= 0.6 is 0 Å². The number of para-hydroxylation sites is 1. The Kier molecular flexibility index (Phi) is 10.6. The highest BCUT2D eigenvalue weighted by Gasteiger charge is 2.25. The highest BCUT2D eigenvalue weighted by molar-refractivity contribution is 5.88. The van der Waals surface area contributed by atoms with Crippen molar-refractivity contribution in [3.63, 3.8) is 0 Å². The van der Waals surface area contributed by atoms with Crippen LogP contribution in [-0.2, 0) is 13.0 Å². The fourth-order valence-corrected chi connectivity index (χ4v) is 5.53. The topological polar surface area (TPSA) is 92.3 Å². The normalized spacial score (nSPS) is 14.8. The number of hydrogen-bond donors (Lipinski definition) is 1. The molecule has 1 unspecified atom stereocenters. The summed E-state index contributed by atoms with van der Waals surface area (Å²) in [5.41, 5.74) is 3.33. The monoisotopic (exact) mass is 640 g/mol. The van der Waals surface area contributed by atoms with Crippen LogP contribution in [0, 0.1) is 12.7 Å². The maximum atomic E-state index is 15.3. The molecule has 1 saturated heterocycles. The van der Waals surface area contributed by atoms with Gasteiger partial charge in [0.05, 0.1) is 26.5 Å². The number of likely N-dealkylation sites (N-methyl/N-ethyl adjacent to an activating group) is 1. The summed E-state index contributed by atoms with van der Waals surface area (Å²) in [6.07, 6.45) is 3.16. The number of ether oxygens (including phenoxy) is 3. The number of aryl methyl sites for hydroxylation is 1. The van der Waals surface area contributed by atoms with E-state index >= 15 is 4.39 Å². The predicted octanol–water partition coefficient (Wildman–Crippen LogP) is 6.76. The Labute approximate surface area is 275 Å². The standard InChI is InChI=1S/C36H41FN6O4/c1-7-9-26-11-8-10-24(2)34(26)47-36(44)43(23-27-20-29(45-5)13-15-32(27)46-6)33-16-17-38-35(40-33)39-28-12-14-31(30(37)21-28)42-19-18-41(4)25(3)22-42/h7-8,10-17,20-21,25H,1,9,18-19,22-23H2,2-6H3,(H,38,39,40). The minimum atomic E-state index is -0.657. The Balaban J connectivity index is 1.45. The first kappa shape index (κ1) is 33.2. The lowest BCUT2D eigenvalue weighted by Crippen LogP contribution is -2.50. The number of anilines is 4. The number of nitrogens with one attached hydrogen (secondary N) is 1. The van der Waals surface area contributed by atoms with Gasteiger partial charge >= 0.3 is 6.09 Å². The van der Waals surface area contributed by atoms with Crippen LogP contribution in [-0.4, -0.2) is 67.9 Å². The fourth-order valence-electron chi connectivity index (χ4n) is 5.53. The van der Waals surface area contributed by atoms with Crippen molar-refractivity contribution in [3.8, 4) is 17.2 Å². The Morgan fingerprint density at radius 3 is 2.66 bits per heavy atom. The van der Waals surface area contributed by atoms with Gasteiger partial charge in [0.2, 0.25) is 5.95 Å². The first-order valence-corrected chi connectivity index (χ1v) is 15.4. The summed E-state index contributed by atoms with van der Waals surface area (Å²) in [6.45, 7) is 10.2. The number of benzene rings is 3. The van der Waals surface area contributed by atoms with Gasteiger partial charge in [0.1, 0.15) is 28.9 Å². The van der Waals surface area contributed by atoms with Crippen LogP contribution in [0.4, 0.5) is 32.3 Å². The number of halogens is 1. The molecule has 1 aromatic heterocycles. The van der Waals surface area contributed by atoms with E-state index in [1.54, 1.807) is 56.7 Å². The van der Waals surface area contributed by atoms with Crippen molar-refractivity contribution in [3.05, 3.63) is 102 Å². The SMILES string of the molecule is C=CCc1cccc(C)c1OC(=O)N(Cc1cc(OC)ccc1OC)c1ccnc(Nc2ccc(N3CCN(C)C(C)C3)c(F)c2)n1. The number of rotatable bonds is 11. The number of piperazine rings is 1. The molecule has 1 fully saturated rings. The molecule has 11 heteroatoms. The van der Waals surface area contributed by atoms with E-state index in [4.69, 9.17) is 14.2 Å². The van der Waals surface area contributed by atoms with Crippen LogP contribution < -0.4 is 29.3 Å². The van der Waals surface area contributed by atoms with E-state index in [-0.39, 0.29) is 24.1 Å². The molecular formula is C36H41FN6O4. The van der Waals surface area contributed by atoms with Crippen LogP contribution in [0.25, 0.3) is 0 Å². The molecule has 0 aliphatic carbocycles. The predicted molar refractivity (Wildman–Crippen MR) is 183 cm³/mol. The summed E-state index contributed by atoms with van der Waals surface area (Å²) in [4.78, 5) is 28.7. The van der Waals surface area contributed by atoms with Gasteiger partial charge in [-0.1, -0.05) is 24.3 Å². The highest BCUT2D eigenvalue weighted by Crippen LogP contribution is 2.31. The number of aromatic nitrogens is 2. The third-order valence-electron chi connectivity index (χ3n) is 8.31. The Bertz CT molecular complexity index is 1730. The maximum Gasteiger partial charge on any atom is 0.421 e. The molecule has 246 valence electrons. The average Bonchev–Trinajstić information content (AvgIpc) is 3.06. The molecular weight excluding hydrogens is 599 g/mol. The maximum absolute atomic E-state index is 15.3. The number of allylic oxidation sites excluding steroid dienone is 1. The van der Waals surface area contributed by atoms with Crippen LogP contribution in [0.5, 0.6) is 17.2 Å². The quantitative estimate of drug-likeness (QED) is 0.179. The minimum Gasteiger partial charge on any atom is -0.497 e. The van der Waals surface area contributed by atoms with Crippen LogP contribution in [0.2, 0.25) is 0 Å². The first-order chi connectivity index (χ1) is 22.7. The molecule has 1 aliphatic heterocycles. The zero-order chi connectivity index (χ0) is 33.5. The molecule has 3 aromatic carbocycles. The molecule has 47 heavy (non-hydrogen) atoms. The van der Waals surface area contributed by atoms with E-state index in [0.29, 0.717) is 46.6 Å². The molecule has 4 aromatic rings. The van der Waals surface area contributed by atoms with E-state index in [1.165, 1.54) is 17.2 Å². The second-order valence-corrected chi connectivity index (χ2v) is 11.5. The van der Waals surface area contributed by atoms with E-state index in [2.05, 4.69) is 45.6 Å². The van der Waals surface area contributed by atoms with Crippen molar-refractivity contribution in [2.75, 3.05) is 56.0 Å². The van der Waals surface area contributed by atoms with Crippen molar-refractivity contribution in [2.45, 2.75) is 32.9 Å². The summed E-state index contributed by atoms with van der Waals surface area (Å²) >= 11 is 0. The van der Waals surface area contributed by atoms with Crippen LogP contribution in [0.3, 0.4) is 0 Å². The number of carbonyl (C=O) groups is 1. The molecule has 1 N–H and O–H groups in total. The van der Waals surface area contributed by atoms with E-state index < -0.39 is 6.09 Å². The highest BCUT2D eigenvalue weighted by atomic mass is 19.1. The molecule has 2 heterocycles. The van der Waals surface area contributed by atoms with E-state index in [9.17, 15) is 4.79 Å². The number of carbonyl (C=O) groups excluding carboxylic acids is 1. The summed E-state index contributed by atoms with van der Waals surface area (Å²) < 4.78 is 32.4. The van der Waals surface area contributed by atoms with Gasteiger partial charge in [-0.15, -0.1) is 6.58 Å². The third-order valence-corrected chi connectivity index (χ3v) is 8.31. The van der Waals surface area contributed by atoms with Gasteiger partial charge in [-0.05, 0) is 80.9 Å². The molecule has 1 atom stereocenters. The number of amides is 1. The van der Waals surface area contributed by atoms with Gasteiger partial charge < -0.3 is 29.3 Å². The van der Waals surface area contributed by atoms with Gasteiger partial charge in [0.15, 0.2) is 0 Å². The summed E-state index contributed by atoms with van der Waals surface area (Å²) in [5.74, 6) is 1.72. The Morgan fingerprint density at radius 1 is 1.11 bits per heavy atom. The van der Waals surface area contributed by atoms with Gasteiger partial charge in [-0.2, -0.15) is 4.98 Å². The average molecular weight is 641 g/mol. The molecule has 1 amide bonds. The van der Waals surface area contributed by atoms with Crippen LogP contribution in [0.1, 0.15) is 23.6 Å². The molecule has 1 aliphatic rings. The van der Waals surface area contributed by atoms with Crippen LogP contribution in [0.15, 0.2) is 79.5 Å². The Hall–Kier alpha value is -5.16. The van der Waals surface area contributed by atoms with E-state index in [1.807, 2.05) is 25.1 Å². The fraction of sp³-hybridized carbons (Fsp3) is 0.306. The smallest absolute Gasteiger partial charge is 0.421 e. The van der Waals surface area contributed by atoms with Crippen molar-refractivity contribution in [1.29, 1.82) is 0 Å². The molecule has 0 saturated carbocycles. The second kappa shape index (κ2) is 15.0. The number of nitrogens with zero attached hydrogens (tertiary/aromatic N) is 5. The van der Waals surface area contributed by atoms with Crippen molar-refractivity contribution in [2.24, 2.45) is 0 Å². The van der Waals surface area contributed by atoms with Gasteiger partial charge in [-0.3, -0.25) is 4.90 Å². The third kappa shape index (κ3) is 7.81. The lowest BCUT2D eigenvalue weighted by atomic mass is 10.1. The molecule has 0 bridgehead atoms. The summed E-state index contributed by atoms with van der Waals surface area (Å²) in [6, 6.07) is 18.0. The molecule has 0 spiro atoms. The van der Waals surface area contributed by atoms with Gasteiger partial charge in [-0.25, -0.2) is 14.2 Å². The van der Waals surface area contributed by atoms with Crippen molar-refractivity contribution < 1.29 is 23.4 Å². The number of hydrogen-bond acceptors (Lipinski definition) is 9. The lowest BCUT2D eigenvalue weighted by Gasteiger charge is -2.39. The summed E-state index contributed by atoms with van der Waals surface area (Å²) in [5, 5.41) is 3.09. The van der Waals surface area contributed by atoms with Crippen molar-refractivity contribution >= 4 is 29.2 Å². The van der Waals surface area contributed by atoms with Crippen molar-refractivity contribution in [1.82, 2.24) is 14.9 Å². The minimum absolute atomic E-state index is 0.0467. The Morgan fingerprint density at radius 2 is 1.94 bits per heavy atom. The lowest BCUT2D eigenvalue weighted by molar-refractivity contribution is 0.206. The largest absolute Gasteiger partial charge is 0.497 e. The van der Waals surface area contributed by atoms with Gasteiger partial charge in [0.25, 0.3) is 0 Å². The zero-order valence-corrected chi connectivity index (χ0v) is 27.5.